The van der Waals surface area contributed by atoms with Crippen LogP contribution >= 0.6 is 12.4 Å². The van der Waals surface area contributed by atoms with Gasteiger partial charge in [-0.1, -0.05) is 7.43 Å². The van der Waals surface area contributed by atoms with Crippen molar-refractivity contribution in [3.8, 4) is 0 Å². The van der Waals surface area contributed by atoms with E-state index in [0.717, 1.165) is 0 Å². The Hall–Kier alpha value is -2.35. The predicted octanol–water partition coefficient (Wildman–Crippen LogP) is -0.217. The van der Waals surface area contributed by atoms with E-state index in [0.29, 0.717) is 0 Å². The highest BCUT2D eigenvalue weighted by Crippen LogP contribution is 1.86. The zero-order chi connectivity index (χ0) is 13.7. The average molecular weight is 303 g/mol. The van der Waals surface area contributed by atoms with Crippen LogP contribution < -0.4 is 22.8 Å². The lowest BCUT2D eigenvalue weighted by Gasteiger charge is -1.92. The van der Waals surface area contributed by atoms with Gasteiger partial charge in [-0.25, -0.2) is 9.59 Å². The normalized spacial score (nSPS) is 8.50. The zero-order valence-electron chi connectivity index (χ0n) is 10.5. The third-order valence-corrected chi connectivity index (χ3v) is 1.99. The Morgan fingerprint density at radius 3 is 1.40 bits per heavy atom. The fraction of sp³-hybridized carbons (Fsp3) is 0.273. The summed E-state index contributed by atoms with van der Waals surface area (Å²) in [5.41, 5.74) is 9.76. The molecule has 0 radical (unpaired) electrons. The molecule has 0 fully saturated rings. The summed E-state index contributed by atoms with van der Waals surface area (Å²) in [6, 6.07) is 3.14. The highest BCUT2D eigenvalue weighted by atomic mass is 35.5. The molecule has 0 saturated heterocycles. The van der Waals surface area contributed by atoms with E-state index in [2.05, 4.69) is 9.97 Å². The molecule has 0 unspecified atom stereocenters. The number of halogens is 1. The van der Waals surface area contributed by atoms with Gasteiger partial charge in [0.1, 0.15) is 11.6 Å². The van der Waals surface area contributed by atoms with E-state index in [9.17, 15) is 9.59 Å². The first kappa shape index (κ1) is 20.0. The number of nitrogen functional groups attached to an aromatic ring is 2. The molecule has 0 aliphatic heterocycles. The van der Waals surface area contributed by atoms with E-state index >= 15 is 0 Å². The molecule has 20 heavy (non-hydrogen) atoms. The van der Waals surface area contributed by atoms with Gasteiger partial charge in [-0.2, -0.15) is 9.97 Å². The summed E-state index contributed by atoms with van der Waals surface area (Å²) < 4.78 is 2.72. The van der Waals surface area contributed by atoms with Crippen molar-refractivity contribution in [1.29, 1.82) is 0 Å². The number of anilines is 2. The minimum Gasteiger partial charge on any atom is -0.383 e. The largest absolute Gasteiger partial charge is 0.383 e. The summed E-state index contributed by atoms with van der Waals surface area (Å²) in [6.45, 7) is 0. The van der Waals surface area contributed by atoms with Gasteiger partial charge in [0.25, 0.3) is 0 Å². The molecule has 0 aromatic carbocycles. The highest BCUT2D eigenvalue weighted by molar-refractivity contribution is 5.85. The molecule has 0 amide bonds. The number of hydrogen-bond acceptors (Lipinski definition) is 6. The monoisotopic (exact) mass is 302 g/mol. The quantitative estimate of drug-likeness (QED) is 0.694. The molecule has 0 spiro atoms. The number of hydrogen-bond donors (Lipinski definition) is 2. The number of nitrogens with zero attached hydrogens (tertiary/aromatic N) is 4. The Morgan fingerprint density at radius 2 is 1.20 bits per heavy atom. The van der Waals surface area contributed by atoms with Crippen molar-refractivity contribution in [3.05, 3.63) is 45.5 Å². The van der Waals surface area contributed by atoms with Crippen LogP contribution in [0.1, 0.15) is 7.43 Å². The lowest BCUT2D eigenvalue weighted by atomic mass is 10.6. The van der Waals surface area contributed by atoms with E-state index in [1.54, 1.807) is 38.6 Å². The molecule has 0 aliphatic rings. The maximum absolute atomic E-state index is 10.6. The molecule has 2 aromatic rings. The number of rotatable bonds is 0. The van der Waals surface area contributed by atoms with Gasteiger partial charge in [0, 0.05) is 26.5 Å². The van der Waals surface area contributed by atoms with Crippen LogP contribution in [0.4, 0.5) is 11.6 Å². The van der Waals surface area contributed by atoms with E-state index < -0.39 is 0 Å². The van der Waals surface area contributed by atoms with Gasteiger partial charge in [-0.05, 0) is 12.1 Å². The Bertz CT molecular complexity index is 594. The SMILES string of the molecule is C.Cl.Cn1ccc(N)nc1=O.Cn1ccc(N)nc1=O. The Labute approximate surface area is 122 Å². The van der Waals surface area contributed by atoms with Crippen LogP contribution in [-0.2, 0) is 14.1 Å². The average Bonchev–Trinajstić information content (AvgIpc) is 2.30. The topological polar surface area (TPSA) is 122 Å². The van der Waals surface area contributed by atoms with Crippen LogP contribution in [0.5, 0.6) is 0 Å². The van der Waals surface area contributed by atoms with Crippen LogP contribution in [0, 0.1) is 0 Å². The van der Waals surface area contributed by atoms with Crippen molar-refractivity contribution in [3.63, 3.8) is 0 Å². The second kappa shape index (κ2) is 8.70. The van der Waals surface area contributed by atoms with Gasteiger partial charge >= 0.3 is 11.4 Å². The van der Waals surface area contributed by atoms with E-state index in [4.69, 9.17) is 11.5 Å². The summed E-state index contributed by atoms with van der Waals surface area (Å²) in [4.78, 5) is 28.1. The van der Waals surface area contributed by atoms with Crippen LogP contribution in [0.15, 0.2) is 34.1 Å². The van der Waals surface area contributed by atoms with Gasteiger partial charge < -0.3 is 20.6 Å². The van der Waals surface area contributed by atoms with Crippen molar-refractivity contribution < 1.29 is 0 Å². The van der Waals surface area contributed by atoms with Crippen molar-refractivity contribution >= 4 is 24.0 Å². The molecule has 2 rings (SSSR count). The lowest BCUT2D eigenvalue weighted by Crippen LogP contribution is -2.19. The number of nitrogens with two attached hydrogens (primary N) is 2. The third-order valence-electron chi connectivity index (χ3n) is 1.99. The summed E-state index contributed by atoms with van der Waals surface area (Å²) in [6.07, 6.45) is 3.15. The minimum atomic E-state index is -0.324. The predicted molar refractivity (Wildman–Crippen MR) is 81.8 cm³/mol. The third kappa shape index (κ3) is 6.01. The summed E-state index contributed by atoms with van der Waals surface area (Å²) in [5.74, 6) is 0.524. The second-order valence-electron chi connectivity index (χ2n) is 3.49. The van der Waals surface area contributed by atoms with E-state index in [1.165, 1.54) is 9.13 Å². The van der Waals surface area contributed by atoms with Crippen LogP contribution in [-0.4, -0.2) is 19.1 Å². The molecule has 4 N–H and O–H groups in total. The van der Waals surface area contributed by atoms with Gasteiger partial charge in [0.15, 0.2) is 0 Å². The molecule has 2 aromatic heterocycles. The van der Waals surface area contributed by atoms with Crippen LogP contribution in [0.25, 0.3) is 0 Å². The summed E-state index contributed by atoms with van der Waals surface area (Å²) in [5, 5.41) is 0. The van der Waals surface area contributed by atoms with Crippen LogP contribution in [0.2, 0.25) is 0 Å². The number of aryl methyl sites for hydroxylation is 2. The molecule has 0 bridgehead atoms. The van der Waals surface area contributed by atoms with Gasteiger partial charge in [0.2, 0.25) is 0 Å². The Balaban J connectivity index is 0. The fourth-order valence-corrected chi connectivity index (χ4v) is 0.957. The van der Waals surface area contributed by atoms with Crippen molar-refractivity contribution in [1.82, 2.24) is 19.1 Å². The maximum atomic E-state index is 10.6. The molecule has 0 aliphatic carbocycles. The first-order valence-electron chi connectivity index (χ1n) is 4.98. The first-order valence-corrected chi connectivity index (χ1v) is 4.98. The first-order chi connectivity index (χ1) is 8.40. The second-order valence-corrected chi connectivity index (χ2v) is 3.49. The van der Waals surface area contributed by atoms with Crippen LogP contribution in [0.3, 0.4) is 0 Å². The highest BCUT2D eigenvalue weighted by Gasteiger charge is 1.89. The van der Waals surface area contributed by atoms with E-state index in [-0.39, 0.29) is 42.8 Å². The van der Waals surface area contributed by atoms with Gasteiger partial charge in [-0.3, -0.25) is 0 Å². The zero-order valence-corrected chi connectivity index (χ0v) is 11.3. The Morgan fingerprint density at radius 1 is 0.900 bits per heavy atom. The maximum Gasteiger partial charge on any atom is 0.349 e. The van der Waals surface area contributed by atoms with Gasteiger partial charge in [-0.15, -0.1) is 12.4 Å². The molecule has 2 heterocycles. The Kier molecular flexibility index (Phi) is 8.69. The minimum absolute atomic E-state index is 0. The molecule has 9 heteroatoms. The van der Waals surface area contributed by atoms with E-state index in [1.807, 2.05) is 0 Å². The van der Waals surface area contributed by atoms with Gasteiger partial charge in [0.05, 0.1) is 0 Å². The van der Waals surface area contributed by atoms with Crippen molar-refractivity contribution in [2.45, 2.75) is 7.43 Å². The molecule has 0 saturated carbocycles. The smallest absolute Gasteiger partial charge is 0.349 e. The molecule has 0 atom stereocenters. The summed E-state index contributed by atoms with van der Waals surface area (Å²) in [7, 11) is 3.24. The molecule has 8 nitrogen and oxygen atoms in total. The molecular weight excluding hydrogens is 284 g/mol. The lowest BCUT2D eigenvalue weighted by molar-refractivity contribution is 0.814. The molecular formula is C11H19ClN6O2. The van der Waals surface area contributed by atoms with Crippen molar-refractivity contribution in [2.24, 2.45) is 14.1 Å². The molecule has 112 valence electrons. The van der Waals surface area contributed by atoms with Crippen molar-refractivity contribution in [2.75, 3.05) is 11.5 Å². The summed E-state index contributed by atoms with van der Waals surface area (Å²) >= 11 is 0. The number of aromatic nitrogens is 4. The standard InChI is InChI=1S/2C5H7N3O.CH4.ClH/c2*1-8-3-2-4(6)7-5(8)9;;/h2*2-3H,1H3,(H2,6,7,9);1H4;1H. The fourth-order valence-electron chi connectivity index (χ4n) is 0.957.